The average Bonchev–Trinajstić information content (AvgIpc) is 2.57. The Morgan fingerprint density at radius 1 is 0.690 bits per heavy atom. The molecule has 170 valence electrons. The summed E-state index contributed by atoms with van der Waals surface area (Å²) in [5.41, 5.74) is 0. The molecule has 0 saturated carbocycles. The SMILES string of the molecule is CCC(C(C)=O)C(=O)[O-].CCC(C(C)=O)C(=O)[O-].CCCCO.CCCCO.[Ti+2]. The summed E-state index contributed by atoms with van der Waals surface area (Å²) >= 11 is 0. The number of carbonyl (C=O) groups is 4. The third-order valence-electron chi connectivity index (χ3n) is 3.39. The van der Waals surface area contributed by atoms with Crippen molar-refractivity contribution in [3.63, 3.8) is 0 Å². The van der Waals surface area contributed by atoms with Gasteiger partial charge in [0, 0.05) is 13.2 Å². The van der Waals surface area contributed by atoms with Gasteiger partial charge in [0.1, 0.15) is 11.6 Å². The normalized spacial score (nSPS) is 10.8. The van der Waals surface area contributed by atoms with E-state index in [1.807, 2.05) is 0 Å². The van der Waals surface area contributed by atoms with E-state index < -0.39 is 23.8 Å². The predicted molar refractivity (Wildman–Crippen MR) is 103 cm³/mol. The van der Waals surface area contributed by atoms with Gasteiger partial charge in [-0.2, -0.15) is 0 Å². The molecule has 9 heteroatoms. The summed E-state index contributed by atoms with van der Waals surface area (Å²) in [5.74, 6) is -5.04. The molecule has 2 unspecified atom stereocenters. The standard InChI is InChI=1S/2C6H10O3.2C4H10O.Ti/c2*1-3-5(4(2)7)6(8)9;2*1-2-3-4-5;/h2*5H,3H2,1-2H3,(H,8,9);2*5H,2-4H2,1H3;/q;;;;+2/p-2. The molecule has 0 spiro atoms. The van der Waals surface area contributed by atoms with E-state index in [1.54, 1.807) is 13.8 Å². The van der Waals surface area contributed by atoms with Crippen molar-refractivity contribution in [3.8, 4) is 0 Å². The summed E-state index contributed by atoms with van der Waals surface area (Å²) in [4.78, 5) is 40.9. The Bertz CT molecular complexity index is 343. The van der Waals surface area contributed by atoms with Gasteiger partial charge in [0.05, 0.1) is 23.8 Å². The van der Waals surface area contributed by atoms with Crippen molar-refractivity contribution in [2.24, 2.45) is 11.8 Å². The number of carboxylic acid groups (broad SMARTS) is 2. The second-order valence-electron chi connectivity index (χ2n) is 5.94. The Labute approximate surface area is 190 Å². The number of ketones is 2. The van der Waals surface area contributed by atoms with E-state index in [0.717, 1.165) is 25.7 Å². The molecule has 0 aliphatic carbocycles. The van der Waals surface area contributed by atoms with Gasteiger partial charge in [-0.15, -0.1) is 0 Å². The van der Waals surface area contributed by atoms with E-state index >= 15 is 0 Å². The third kappa shape index (κ3) is 31.8. The number of hydrogen-bond donors (Lipinski definition) is 2. The van der Waals surface area contributed by atoms with Crippen LogP contribution in [0.25, 0.3) is 0 Å². The van der Waals surface area contributed by atoms with Crippen molar-refractivity contribution in [2.75, 3.05) is 13.2 Å². The van der Waals surface area contributed by atoms with Crippen LogP contribution < -0.4 is 10.2 Å². The number of carbonyl (C=O) groups excluding carboxylic acids is 4. The van der Waals surface area contributed by atoms with Crippen LogP contribution in [-0.2, 0) is 40.9 Å². The van der Waals surface area contributed by atoms with Crippen LogP contribution in [-0.4, -0.2) is 46.9 Å². The Kier molecular flexibility index (Phi) is 38.7. The zero-order chi connectivity index (χ0) is 23.1. The summed E-state index contributed by atoms with van der Waals surface area (Å²) in [5, 5.41) is 36.2. The second kappa shape index (κ2) is 29.1. The molecule has 0 amide bonds. The molecule has 0 saturated heterocycles. The maximum atomic E-state index is 10.4. The molecule has 0 aromatic heterocycles. The van der Waals surface area contributed by atoms with Gasteiger partial charge in [-0.1, -0.05) is 40.5 Å². The summed E-state index contributed by atoms with van der Waals surface area (Å²) in [6, 6.07) is 0. The first kappa shape index (κ1) is 38.5. The molecule has 2 N–H and O–H groups in total. The molecule has 0 aliphatic heterocycles. The van der Waals surface area contributed by atoms with Gasteiger partial charge in [0.2, 0.25) is 0 Å². The van der Waals surface area contributed by atoms with Gasteiger partial charge in [-0.05, 0) is 39.5 Å². The molecule has 0 heterocycles. The van der Waals surface area contributed by atoms with Crippen LogP contribution in [0.2, 0.25) is 0 Å². The molecule has 0 aromatic rings. The van der Waals surface area contributed by atoms with Gasteiger partial charge in [-0.3, -0.25) is 9.59 Å². The van der Waals surface area contributed by atoms with Crippen LogP contribution >= 0.6 is 0 Å². The fourth-order valence-electron chi connectivity index (χ4n) is 1.56. The number of unbranched alkanes of at least 4 members (excludes halogenated alkanes) is 2. The Morgan fingerprint density at radius 3 is 0.931 bits per heavy atom. The molecular formula is C20H38O8Ti. The fourth-order valence-corrected chi connectivity index (χ4v) is 1.56. The van der Waals surface area contributed by atoms with E-state index in [0.29, 0.717) is 26.1 Å². The van der Waals surface area contributed by atoms with Gasteiger partial charge in [-0.25, -0.2) is 0 Å². The zero-order valence-electron chi connectivity index (χ0n) is 18.7. The number of carboxylic acids is 2. The van der Waals surface area contributed by atoms with E-state index in [1.165, 1.54) is 13.8 Å². The number of aliphatic carboxylic acids is 2. The topological polar surface area (TPSA) is 155 Å². The smallest absolute Gasteiger partial charge is 0.549 e. The van der Waals surface area contributed by atoms with E-state index in [-0.39, 0.29) is 33.3 Å². The molecule has 29 heavy (non-hydrogen) atoms. The van der Waals surface area contributed by atoms with Crippen LogP contribution in [0.5, 0.6) is 0 Å². The molecule has 0 fully saturated rings. The van der Waals surface area contributed by atoms with Gasteiger partial charge in [0.15, 0.2) is 0 Å². The monoisotopic (exact) mass is 454 g/mol. The Hall–Kier alpha value is -1.09. The van der Waals surface area contributed by atoms with Gasteiger partial charge < -0.3 is 30.0 Å². The molecular weight excluding hydrogens is 416 g/mol. The minimum Gasteiger partial charge on any atom is -0.549 e. The number of aliphatic hydroxyl groups is 2. The second-order valence-corrected chi connectivity index (χ2v) is 5.94. The van der Waals surface area contributed by atoms with Crippen molar-refractivity contribution in [1.82, 2.24) is 0 Å². The maximum absolute atomic E-state index is 10.4. The van der Waals surface area contributed by atoms with Crippen LogP contribution in [0, 0.1) is 11.8 Å². The first-order valence-corrected chi connectivity index (χ1v) is 9.66. The maximum Gasteiger partial charge on any atom is 2.00 e. The first-order chi connectivity index (χ1) is 13.0. The Balaban J connectivity index is -0.0000000907. The fraction of sp³-hybridized carbons (Fsp3) is 0.800. The van der Waals surface area contributed by atoms with Gasteiger partial charge >= 0.3 is 21.7 Å². The summed E-state index contributed by atoms with van der Waals surface area (Å²) in [6.45, 7) is 10.6. The molecule has 0 aromatic carbocycles. The summed E-state index contributed by atoms with van der Waals surface area (Å²) in [7, 11) is 0. The van der Waals surface area contributed by atoms with E-state index in [2.05, 4.69) is 13.8 Å². The summed E-state index contributed by atoms with van der Waals surface area (Å²) in [6.07, 6.45) is 4.71. The van der Waals surface area contributed by atoms with Crippen LogP contribution in [0.1, 0.15) is 80.1 Å². The number of hydrogen-bond acceptors (Lipinski definition) is 8. The predicted octanol–water partition coefficient (Wildman–Crippen LogP) is 0.258. The summed E-state index contributed by atoms with van der Waals surface area (Å²) < 4.78 is 0. The van der Waals surface area contributed by atoms with Crippen molar-refractivity contribution in [3.05, 3.63) is 0 Å². The molecule has 0 bridgehead atoms. The first-order valence-electron chi connectivity index (χ1n) is 9.66. The minimum atomic E-state index is -1.27. The van der Waals surface area contributed by atoms with E-state index in [9.17, 15) is 29.4 Å². The zero-order valence-corrected chi connectivity index (χ0v) is 20.2. The van der Waals surface area contributed by atoms with Crippen molar-refractivity contribution in [2.45, 2.75) is 80.1 Å². The molecule has 0 aliphatic rings. The van der Waals surface area contributed by atoms with Crippen molar-refractivity contribution in [1.29, 1.82) is 0 Å². The molecule has 2 atom stereocenters. The quantitative estimate of drug-likeness (QED) is 0.352. The molecule has 0 radical (unpaired) electrons. The number of rotatable bonds is 10. The average molecular weight is 454 g/mol. The number of aliphatic hydroxyl groups excluding tert-OH is 2. The van der Waals surface area contributed by atoms with Crippen LogP contribution in [0.3, 0.4) is 0 Å². The van der Waals surface area contributed by atoms with Crippen LogP contribution in [0.4, 0.5) is 0 Å². The van der Waals surface area contributed by atoms with Gasteiger partial charge in [0.25, 0.3) is 0 Å². The molecule has 0 rings (SSSR count). The van der Waals surface area contributed by atoms with Crippen molar-refractivity contribution < 1.29 is 61.3 Å². The van der Waals surface area contributed by atoms with Crippen molar-refractivity contribution >= 4 is 23.5 Å². The third-order valence-corrected chi connectivity index (χ3v) is 3.39. The van der Waals surface area contributed by atoms with E-state index in [4.69, 9.17) is 10.2 Å². The minimum absolute atomic E-state index is 0. The van der Waals surface area contributed by atoms with Crippen LogP contribution in [0.15, 0.2) is 0 Å². The Morgan fingerprint density at radius 2 is 0.931 bits per heavy atom. The largest absolute Gasteiger partial charge is 2.00 e. The number of Topliss-reactive ketones (excluding diaryl/α,β-unsaturated/α-hetero) is 2. The molecule has 8 nitrogen and oxygen atoms in total.